The number of nitrogens with zero attached hydrogens (tertiary/aromatic N) is 2. The van der Waals surface area contributed by atoms with Crippen molar-refractivity contribution in [3.05, 3.63) is 18.5 Å². The third-order valence-electron chi connectivity index (χ3n) is 3.33. The van der Waals surface area contributed by atoms with Crippen molar-refractivity contribution in [1.29, 1.82) is 0 Å². The van der Waals surface area contributed by atoms with Crippen LogP contribution in [0.1, 0.15) is 32.6 Å². The van der Waals surface area contributed by atoms with Gasteiger partial charge in [-0.05, 0) is 25.8 Å². The molecular weight excluding hydrogens is 228 g/mol. The predicted octanol–water partition coefficient (Wildman–Crippen LogP) is 0.920. The van der Waals surface area contributed by atoms with Gasteiger partial charge in [0.2, 0.25) is 5.91 Å². The summed E-state index contributed by atoms with van der Waals surface area (Å²) in [5.74, 6) is 0.0709. The maximum absolute atomic E-state index is 11.7. The number of aromatic nitrogens is 2. The van der Waals surface area contributed by atoms with Gasteiger partial charge in [-0.1, -0.05) is 12.8 Å². The highest BCUT2D eigenvalue weighted by molar-refractivity contribution is 5.78. The van der Waals surface area contributed by atoms with Gasteiger partial charge in [0.25, 0.3) is 0 Å². The van der Waals surface area contributed by atoms with Crippen LogP contribution in [0.25, 0.3) is 0 Å². The summed E-state index contributed by atoms with van der Waals surface area (Å²) in [4.78, 5) is 11.7. The lowest BCUT2D eigenvalue weighted by molar-refractivity contribution is -0.121. The first kappa shape index (κ1) is 13.1. The average Bonchev–Trinajstić information content (AvgIpc) is 2.98. The van der Waals surface area contributed by atoms with Crippen LogP contribution in [-0.4, -0.2) is 34.3 Å². The average molecular weight is 250 g/mol. The Morgan fingerprint density at radius 2 is 2.28 bits per heavy atom. The summed E-state index contributed by atoms with van der Waals surface area (Å²) in [5.41, 5.74) is 0. The molecule has 0 aliphatic heterocycles. The lowest BCUT2D eigenvalue weighted by Gasteiger charge is -2.16. The van der Waals surface area contributed by atoms with Gasteiger partial charge in [0.05, 0.1) is 13.1 Å². The van der Waals surface area contributed by atoms with Crippen LogP contribution >= 0.6 is 0 Å². The van der Waals surface area contributed by atoms with Gasteiger partial charge in [0, 0.05) is 24.5 Å². The van der Waals surface area contributed by atoms with Crippen molar-refractivity contribution >= 4 is 5.91 Å². The molecule has 1 fully saturated rings. The Morgan fingerprint density at radius 3 is 2.94 bits per heavy atom. The van der Waals surface area contributed by atoms with Crippen molar-refractivity contribution in [2.45, 2.75) is 51.2 Å². The third-order valence-corrected chi connectivity index (χ3v) is 3.33. The topological polar surface area (TPSA) is 59.0 Å². The summed E-state index contributed by atoms with van der Waals surface area (Å²) in [6.07, 6.45) is 8.63. The largest absolute Gasteiger partial charge is 0.351 e. The zero-order chi connectivity index (χ0) is 12.8. The standard InChI is InChI=1S/C13H22N4O/c1-11(10-17-8-4-7-15-17)16-13(18)9-14-12-5-2-3-6-12/h4,7-8,11-12,14H,2-3,5-6,9-10H2,1H3,(H,16,18). The van der Waals surface area contributed by atoms with Crippen LogP contribution in [0.2, 0.25) is 0 Å². The first-order valence-electron chi connectivity index (χ1n) is 6.74. The molecule has 1 atom stereocenters. The highest BCUT2D eigenvalue weighted by Crippen LogP contribution is 2.17. The van der Waals surface area contributed by atoms with Crippen molar-refractivity contribution < 1.29 is 4.79 Å². The van der Waals surface area contributed by atoms with Gasteiger partial charge < -0.3 is 10.6 Å². The number of hydrogen-bond donors (Lipinski definition) is 2. The van der Waals surface area contributed by atoms with E-state index < -0.39 is 0 Å². The normalized spacial score (nSPS) is 17.8. The van der Waals surface area contributed by atoms with Gasteiger partial charge in [-0.15, -0.1) is 0 Å². The molecule has 5 heteroatoms. The second kappa shape index (κ2) is 6.54. The van der Waals surface area contributed by atoms with E-state index in [0.717, 1.165) is 0 Å². The van der Waals surface area contributed by atoms with Crippen LogP contribution in [0.4, 0.5) is 0 Å². The Morgan fingerprint density at radius 1 is 1.50 bits per heavy atom. The molecule has 1 aromatic heterocycles. The lowest BCUT2D eigenvalue weighted by atomic mass is 10.2. The van der Waals surface area contributed by atoms with Crippen molar-refractivity contribution in [2.75, 3.05) is 6.54 Å². The Labute approximate surface area is 108 Å². The fraction of sp³-hybridized carbons (Fsp3) is 0.692. The third kappa shape index (κ3) is 4.14. The zero-order valence-corrected chi connectivity index (χ0v) is 10.9. The minimum Gasteiger partial charge on any atom is -0.351 e. The van der Waals surface area contributed by atoms with Crippen molar-refractivity contribution in [2.24, 2.45) is 0 Å². The number of hydrogen-bond acceptors (Lipinski definition) is 3. The van der Waals surface area contributed by atoms with E-state index in [9.17, 15) is 4.79 Å². The highest BCUT2D eigenvalue weighted by Gasteiger charge is 2.15. The summed E-state index contributed by atoms with van der Waals surface area (Å²) in [5, 5.41) is 10.4. The summed E-state index contributed by atoms with van der Waals surface area (Å²) in [6, 6.07) is 2.52. The first-order chi connectivity index (χ1) is 8.74. The minimum absolute atomic E-state index is 0.0709. The maximum atomic E-state index is 11.7. The van der Waals surface area contributed by atoms with E-state index in [1.807, 2.05) is 23.9 Å². The second-order valence-corrected chi connectivity index (χ2v) is 5.06. The molecule has 2 N–H and O–H groups in total. The fourth-order valence-corrected chi connectivity index (χ4v) is 2.43. The molecule has 0 spiro atoms. The predicted molar refractivity (Wildman–Crippen MR) is 70.1 cm³/mol. The van der Waals surface area contributed by atoms with E-state index in [1.54, 1.807) is 6.20 Å². The molecule has 1 unspecified atom stereocenters. The molecule has 2 rings (SSSR count). The maximum Gasteiger partial charge on any atom is 0.234 e. The van der Waals surface area contributed by atoms with E-state index in [-0.39, 0.29) is 11.9 Å². The van der Waals surface area contributed by atoms with Crippen LogP contribution < -0.4 is 10.6 Å². The monoisotopic (exact) mass is 250 g/mol. The van der Waals surface area contributed by atoms with Crippen molar-refractivity contribution in [3.63, 3.8) is 0 Å². The molecule has 1 aromatic rings. The highest BCUT2D eigenvalue weighted by atomic mass is 16.2. The summed E-state index contributed by atoms with van der Waals surface area (Å²) >= 11 is 0. The molecule has 0 bridgehead atoms. The molecule has 1 aliphatic rings. The summed E-state index contributed by atoms with van der Waals surface area (Å²) in [7, 11) is 0. The zero-order valence-electron chi connectivity index (χ0n) is 10.9. The molecule has 100 valence electrons. The van der Waals surface area contributed by atoms with Gasteiger partial charge in [-0.2, -0.15) is 5.10 Å². The Balaban J connectivity index is 1.63. The van der Waals surface area contributed by atoms with E-state index in [1.165, 1.54) is 25.7 Å². The van der Waals surface area contributed by atoms with Crippen LogP contribution in [0, 0.1) is 0 Å². The molecule has 1 aliphatic carbocycles. The molecular formula is C13H22N4O. The number of nitrogens with one attached hydrogen (secondary N) is 2. The van der Waals surface area contributed by atoms with E-state index in [4.69, 9.17) is 0 Å². The van der Waals surface area contributed by atoms with Gasteiger partial charge >= 0.3 is 0 Å². The van der Waals surface area contributed by atoms with Crippen molar-refractivity contribution in [3.8, 4) is 0 Å². The van der Waals surface area contributed by atoms with Crippen LogP contribution in [0.15, 0.2) is 18.5 Å². The molecule has 1 amide bonds. The van der Waals surface area contributed by atoms with E-state index >= 15 is 0 Å². The Kier molecular flexibility index (Phi) is 4.75. The Bertz CT molecular complexity index is 357. The molecule has 5 nitrogen and oxygen atoms in total. The van der Waals surface area contributed by atoms with Crippen molar-refractivity contribution in [1.82, 2.24) is 20.4 Å². The second-order valence-electron chi connectivity index (χ2n) is 5.06. The SMILES string of the molecule is CC(Cn1cccn1)NC(=O)CNC1CCCC1. The molecule has 0 aromatic carbocycles. The summed E-state index contributed by atoms with van der Waals surface area (Å²) < 4.78 is 1.83. The number of carbonyl (C=O) groups excluding carboxylic acids is 1. The summed E-state index contributed by atoms with van der Waals surface area (Å²) in [6.45, 7) is 3.13. The minimum atomic E-state index is 0.0709. The number of rotatable bonds is 6. The van der Waals surface area contributed by atoms with Gasteiger partial charge in [-0.3, -0.25) is 9.48 Å². The van der Waals surface area contributed by atoms with Gasteiger partial charge in [-0.25, -0.2) is 0 Å². The smallest absolute Gasteiger partial charge is 0.234 e. The lowest BCUT2D eigenvalue weighted by Crippen LogP contribution is -2.43. The van der Waals surface area contributed by atoms with E-state index in [0.29, 0.717) is 19.1 Å². The Hall–Kier alpha value is -1.36. The fourth-order valence-electron chi connectivity index (χ4n) is 2.43. The van der Waals surface area contributed by atoms with E-state index in [2.05, 4.69) is 15.7 Å². The molecule has 1 saturated carbocycles. The molecule has 1 heterocycles. The van der Waals surface area contributed by atoms with Crippen LogP contribution in [-0.2, 0) is 11.3 Å². The number of amides is 1. The number of carbonyl (C=O) groups is 1. The van der Waals surface area contributed by atoms with Gasteiger partial charge in [0.15, 0.2) is 0 Å². The first-order valence-corrected chi connectivity index (χ1v) is 6.74. The molecule has 18 heavy (non-hydrogen) atoms. The van der Waals surface area contributed by atoms with Gasteiger partial charge in [0.1, 0.15) is 0 Å². The van der Waals surface area contributed by atoms with Crippen LogP contribution in [0.5, 0.6) is 0 Å². The molecule has 0 saturated heterocycles. The molecule has 0 radical (unpaired) electrons. The quantitative estimate of drug-likeness (QED) is 0.789. The van der Waals surface area contributed by atoms with Crippen LogP contribution in [0.3, 0.4) is 0 Å².